The Morgan fingerprint density at radius 1 is 1.00 bits per heavy atom. The number of piperazine rings is 1. The van der Waals surface area contributed by atoms with Crippen molar-refractivity contribution in [3.63, 3.8) is 0 Å². The van der Waals surface area contributed by atoms with E-state index < -0.39 is 11.7 Å². The Labute approximate surface area is 242 Å². The molecule has 2 aromatic carbocycles. The van der Waals surface area contributed by atoms with Crippen LogP contribution in [0.3, 0.4) is 0 Å². The van der Waals surface area contributed by atoms with Crippen LogP contribution >= 0.6 is 0 Å². The number of likely N-dealkylation sites (N-methyl/N-ethyl adjacent to an activating group) is 1. The van der Waals surface area contributed by atoms with Crippen molar-refractivity contribution in [2.45, 2.75) is 39.0 Å². The van der Waals surface area contributed by atoms with Gasteiger partial charge in [-0.1, -0.05) is 25.1 Å². The van der Waals surface area contributed by atoms with Gasteiger partial charge in [-0.25, -0.2) is 4.98 Å². The van der Waals surface area contributed by atoms with Crippen LogP contribution in [0.25, 0.3) is 11.0 Å². The number of carbonyl (C=O) groups is 1. The summed E-state index contributed by atoms with van der Waals surface area (Å²) in [6.45, 7) is 7.37. The Bertz CT molecular complexity index is 1580. The van der Waals surface area contributed by atoms with E-state index in [1.54, 1.807) is 35.5 Å². The Morgan fingerprint density at radius 3 is 2.60 bits per heavy atom. The third kappa shape index (κ3) is 6.12. The molecule has 4 aromatic rings. The highest BCUT2D eigenvalue weighted by Gasteiger charge is 2.34. The van der Waals surface area contributed by atoms with Gasteiger partial charge in [-0.15, -0.1) is 0 Å². The number of hydrogen-bond acceptors (Lipinski definition) is 6. The fourth-order valence-electron chi connectivity index (χ4n) is 5.78. The average Bonchev–Trinajstić information content (AvgIpc) is 3.47. The molecular formula is C31H33F3N6O2. The van der Waals surface area contributed by atoms with E-state index in [1.807, 2.05) is 18.2 Å². The number of alkyl halides is 3. The number of nitrogens with one attached hydrogen (secondary N) is 1. The molecule has 0 atom stereocenters. The Morgan fingerprint density at radius 2 is 1.81 bits per heavy atom. The predicted molar refractivity (Wildman–Crippen MR) is 152 cm³/mol. The highest BCUT2D eigenvalue weighted by molar-refractivity contribution is 5.81. The monoisotopic (exact) mass is 578 g/mol. The van der Waals surface area contributed by atoms with Crippen LogP contribution in [-0.4, -0.2) is 75.1 Å². The number of halogens is 3. The lowest BCUT2D eigenvalue weighted by atomic mass is 9.97. The van der Waals surface area contributed by atoms with Crippen LogP contribution < -0.4 is 4.74 Å². The number of benzene rings is 2. The first-order chi connectivity index (χ1) is 20.3. The van der Waals surface area contributed by atoms with Gasteiger partial charge in [0, 0.05) is 52.0 Å². The topological polar surface area (TPSA) is 77.6 Å². The van der Waals surface area contributed by atoms with E-state index in [1.165, 1.54) is 0 Å². The van der Waals surface area contributed by atoms with Gasteiger partial charge < -0.3 is 14.5 Å². The standard InChI is InChI=1S/C31H33F3N6O2/c1-2-38-11-13-39(14-12-38)19-23-4-3-21(15-27(23)31(32,33)34)16-29(41)40-10-8-22-5-6-25(17-24(22)20-40)42-28-7-9-35-30-26(28)18-36-37-30/h3-7,9,15,17-18H,2,8,10-14,16,19-20H2,1H3,(H,35,36,37). The largest absolute Gasteiger partial charge is 0.456 e. The molecule has 11 heteroatoms. The van der Waals surface area contributed by atoms with Crippen molar-refractivity contribution < 1.29 is 22.7 Å². The molecule has 1 fully saturated rings. The lowest BCUT2D eigenvalue weighted by molar-refractivity contribution is -0.138. The molecule has 0 radical (unpaired) electrons. The van der Waals surface area contributed by atoms with E-state index in [0.717, 1.165) is 55.3 Å². The summed E-state index contributed by atoms with van der Waals surface area (Å²) in [6.07, 6.45) is -0.614. The van der Waals surface area contributed by atoms with Gasteiger partial charge in [0.05, 0.1) is 23.6 Å². The van der Waals surface area contributed by atoms with Crippen LogP contribution in [0.5, 0.6) is 11.5 Å². The fraction of sp³-hybridized carbons (Fsp3) is 0.387. The molecule has 220 valence electrons. The quantitative estimate of drug-likeness (QED) is 0.332. The molecule has 2 aromatic heterocycles. The van der Waals surface area contributed by atoms with E-state index in [0.29, 0.717) is 42.2 Å². The summed E-state index contributed by atoms with van der Waals surface area (Å²) in [4.78, 5) is 23.6. The number of fused-ring (bicyclic) bond motifs is 2. The first kappa shape index (κ1) is 28.2. The molecular weight excluding hydrogens is 545 g/mol. The lowest BCUT2D eigenvalue weighted by Crippen LogP contribution is -2.45. The molecule has 2 aliphatic rings. The molecule has 1 saturated heterocycles. The van der Waals surface area contributed by atoms with Crippen molar-refractivity contribution in [2.24, 2.45) is 0 Å². The normalized spacial score (nSPS) is 16.5. The molecule has 0 aliphatic carbocycles. The molecule has 0 bridgehead atoms. The van der Waals surface area contributed by atoms with E-state index in [-0.39, 0.29) is 24.4 Å². The maximum atomic E-state index is 14.1. The predicted octanol–water partition coefficient (Wildman–Crippen LogP) is 5.03. The van der Waals surface area contributed by atoms with E-state index in [4.69, 9.17) is 4.74 Å². The van der Waals surface area contributed by atoms with Gasteiger partial charge in [0.15, 0.2) is 5.65 Å². The minimum Gasteiger partial charge on any atom is -0.456 e. The summed E-state index contributed by atoms with van der Waals surface area (Å²) in [6, 6.07) is 11.9. The molecule has 1 N–H and O–H groups in total. The lowest BCUT2D eigenvalue weighted by Gasteiger charge is -2.34. The first-order valence-electron chi connectivity index (χ1n) is 14.3. The van der Waals surface area contributed by atoms with E-state index in [9.17, 15) is 18.0 Å². The van der Waals surface area contributed by atoms with Crippen LogP contribution in [0.2, 0.25) is 0 Å². The Hall–Kier alpha value is -3.96. The average molecular weight is 579 g/mol. The van der Waals surface area contributed by atoms with Crippen molar-refractivity contribution >= 4 is 16.9 Å². The molecule has 8 nitrogen and oxygen atoms in total. The first-order valence-corrected chi connectivity index (χ1v) is 14.3. The van der Waals surface area contributed by atoms with Gasteiger partial charge in [0.25, 0.3) is 0 Å². The van der Waals surface area contributed by atoms with Gasteiger partial charge in [-0.2, -0.15) is 18.3 Å². The summed E-state index contributed by atoms with van der Waals surface area (Å²) in [7, 11) is 0. The zero-order valence-electron chi connectivity index (χ0n) is 23.5. The van der Waals surface area contributed by atoms with Crippen LogP contribution in [0.4, 0.5) is 13.2 Å². The van der Waals surface area contributed by atoms with Gasteiger partial charge in [0.2, 0.25) is 5.91 Å². The number of H-pyrrole nitrogens is 1. The Kier molecular flexibility index (Phi) is 7.87. The van der Waals surface area contributed by atoms with Crippen LogP contribution in [0, 0.1) is 0 Å². The highest BCUT2D eigenvalue weighted by Crippen LogP contribution is 2.34. The summed E-state index contributed by atoms with van der Waals surface area (Å²) in [5.41, 5.74) is 2.68. The SMILES string of the molecule is CCN1CCN(Cc2ccc(CC(=O)N3CCc4ccc(Oc5ccnc6[nH]ncc56)cc4C3)cc2C(F)(F)F)CC1. The zero-order valence-corrected chi connectivity index (χ0v) is 23.5. The van der Waals surface area contributed by atoms with Crippen LogP contribution in [0.15, 0.2) is 54.9 Å². The summed E-state index contributed by atoms with van der Waals surface area (Å²) in [5.74, 6) is 1.04. The molecule has 6 rings (SSSR count). The second kappa shape index (κ2) is 11.7. The second-order valence-corrected chi connectivity index (χ2v) is 10.9. The summed E-state index contributed by atoms with van der Waals surface area (Å²) in [5, 5.41) is 7.59. The number of aromatic nitrogens is 3. The number of ether oxygens (including phenoxy) is 1. The molecule has 2 aliphatic heterocycles. The number of carbonyl (C=O) groups excluding carboxylic acids is 1. The number of amides is 1. The van der Waals surface area contributed by atoms with Crippen molar-refractivity contribution in [3.05, 3.63) is 82.7 Å². The molecule has 1 amide bonds. The second-order valence-electron chi connectivity index (χ2n) is 10.9. The zero-order chi connectivity index (χ0) is 29.3. The molecule has 0 saturated carbocycles. The van der Waals surface area contributed by atoms with Crippen molar-refractivity contribution in [2.75, 3.05) is 39.3 Å². The smallest absolute Gasteiger partial charge is 0.416 e. The van der Waals surface area contributed by atoms with Crippen LogP contribution in [-0.2, 0) is 36.9 Å². The number of hydrogen-bond donors (Lipinski definition) is 1. The van der Waals surface area contributed by atoms with Crippen molar-refractivity contribution in [1.29, 1.82) is 0 Å². The number of nitrogens with zero attached hydrogens (tertiary/aromatic N) is 5. The van der Waals surface area contributed by atoms with E-state index >= 15 is 0 Å². The van der Waals surface area contributed by atoms with Crippen molar-refractivity contribution in [3.8, 4) is 11.5 Å². The van der Waals surface area contributed by atoms with Gasteiger partial charge in [-0.05, 0) is 59.5 Å². The number of rotatable bonds is 7. The maximum Gasteiger partial charge on any atom is 0.416 e. The van der Waals surface area contributed by atoms with Gasteiger partial charge in [-0.3, -0.25) is 14.8 Å². The minimum atomic E-state index is -4.49. The van der Waals surface area contributed by atoms with Gasteiger partial charge >= 0.3 is 6.18 Å². The minimum absolute atomic E-state index is 0.0838. The highest BCUT2D eigenvalue weighted by atomic mass is 19.4. The number of pyridine rings is 1. The fourth-order valence-corrected chi connectivity index (χ4v) is 5.78. The molecule has 4 heterocycles. The van der Waals surface area contributed by atoms with Crippen molar-refractivity contribution in [1.82, 2.24) is 29.9 Å². The van der Waals surface area contributed by atoms with Crippen LogP contribution in [0.1, 0.15) is 34.7 Å². The number of aromatic amines is 1. The summed E-state index contributed by atoms with van der Waals surface area (Å²) >= 11 is 0. The Balaban J connectivity index is 1.13. The molecule has 0 spiro atoms. The third-order valence-electron chi connectivity index (χ3n) is 8.23. The molecule has 0 unspecified atom stereocenters. The maximum absolute atomic E-state index is 14.1. The van der Waals surface area contributed by atoms with Gasteiger partial charge in [0.1, 0.15) is 11.5 Å². The summed E-state index contributed by atoms with van der Waals surface area (Å²) < 4.78 is 48.3. The van der Waals surface area contributed by atoms with E-state index in [2.05, 4.69) is 31.9 Å². The third-order valence-corrected chi connectivity index (χ3v) is 8.23. The molecule has 42 heavy (non-hydrogen) atoms.